The van der Waals surface area contributed by atoms with Gasteiger partial charge >= 0.3 is 6.18 Å². The number of amides is 1. The smallest absolute Gasteiger partial charge is 0.425 e. The van der Waals surface area contributed by atoms with Crippen molar-refractivity contribution >= 4 is 5.91 Å². The van der Waals surface area contributed by atoms with Gasteiger partial charge in [-0.2, -0.15) is 13.2 Å². The third-order valence-electron chi connectivity index (χ3n) is 5.51. The van der Waals surface area contributed by atoms with Crippen molar-refractivity contribution in [3.8, 4) is 16.9 Å². The molecule has 2 N–H and O–H groups in total. The van der Waals surface area contributed by atoms with Crippen LogP contribution in [0.3, 0.4) is 0 Å². The Morgan fingerprint density at radius 1 is 1.10 bits per heavy atom. The van der Waals surface area contributed by atoms with Crippen molar-refractivity contribution in [2.24, 2.45) is 0 Å². The van der Waals surface area contributed by atoms with Crippen LogP contribution in [0.25, 0.3) is 11.1 Å². The number of alkyl halides is 3. The molecule has 1 saturated heterocycles. The van der Waals surface area contributed by atoms with Crippen LogP contribution in [0, 0.1) is 0 Å². The number of hydrogen-bond donors (Lipinski definition) is 2. The van der Waals surface area contributed by atoms with Crippen LogP contribution in [-0.4, -0.2) is 40.3 Å². The van der Waals surface area contributed by atoms with Gasteiger partial charge in [-0.05, 0) is 36.1 Å². The lowest BCUT2D eigenvalue weighted by molar-refractivity contribution is -0.246. The highest BCUT2D eigenvalue weighted by Crippen LogP contribution is 2.55. The topological polar surface area (TPSA) is 70.0 Å². The molecule has 2 aromatic rings. The zero-order valence-electron chi connectivity index (χ0n) is 15.9. The quantitative estimate of drug-likeness (QED) is 0.726. The lowest BCUT2D eigenvalue weighted by Gasteiger charge is -2.28. The summed E-state index contributed by atoms with van der Waals surface area (Å²) < 4.78 is 47.3. The third kappa shape index (κ3) is 3.16. The van der Waals surface area contributed by atoms with Crippen LogP contribution in [0.5, 0.6) is 5.75 Å². The molecule has 0 spiro atoms. The fourth-order valence-corrected chi connectivity index (χ4v) is 4.04. The van der Waals surface area contributed by atoms with E-state index in [2.05, 4.69) is 0 Å². The van der Waals surface area contributed by atoms with Gasteiger partial charge in [-0.25, -0.2) is 0 Å². The van der Waals surface area contributed by atoms with Crippen LogP contribution in [-0.2, 0) is 10.4 Å². The zero-order valence-corrected chi connectivity index (χ0v) is 15.9. The Kier molecular flexibility index (Phi) is 5.07. The number of rotatable bonds is 5. The van der Waals surface area contributed by atoms with E-state index >= 15 is 0 Å². The standard InChI is InChI=1S/C22H20F3NO4/c23-22(24,25)21(29)18-5-2-1-4-16(18)17-8-7-15(12-19(17)21)30-13-14-6-9-20(28)26(14)10-3-11-27/h1-2,4-5,7-8,12-13,27,29H,3,6,9-11H2/b14-13+. The van der Waals surface area contributed by atoms with E-state index in [1.165, 1.54) is 41.5 Å². The fraction of sp³-hybridized carbons (Fsp3) is 0.318. The lowest BCUT2D eigenvalue weighted by Crippen LogP contribution is -2.41. The van der Waals surface area contributed by atoms with Gasteiger partial charge < -0.3 is 19.8 Å². The second-order valence-electron chi connectivity index (χ2n) is 7.31. The van der Waals surface area contributed by atoms with E-state index in [-0.39, 0.29) is 29.4 Å². The van der Waals surface area contributed by atoms with Crippen molar-refractivity contribution in [1.82, 2.24) is 4.90 Å². The molecule has 2 aliphatic rings. The van der Waals surface area contributed by atoms with Crippen LogP contribution in [0.2, 0.25) is 0 Å². The first-order valence-electron chi connectivity index (χ1n) is 9.58. The SMILES string of the molecule is O=C1CC/C(=C\Oc2ccc3c(c2)C(O)(C(F)(F)F)c2ccccc2-3)N1CCCO. The molecule has 0 bridgehead atoms. The minimum Gasteiger partial charge on any atom is -0.463 e. The summed E-state index contributed by atoms with van der Waals surface area (Å²) >= 11 is 0. The van der Waals surface area contributed by atoms with Gasteiger partial charge in [0, 0.05) is 30.7 Å². The number of hydrogen-bond acceptors (Lipinski definition) is 4. The average Bonchev–Trinajstić information content (AvgIpc) is 3.20. The number of aliphatic hydroxyl groups is 2. The number of halogens is 3. The largest absolute Gasteiger partial charge is 0.463 e. The highest BCUT2D eigenvalue weighted by atomic mass is 19.4. The van der Waals surface area contributed by atoms with Crippen molar-refractivity contribution in [3.05, 3.63) is 65.6 Å². The number of benzene rings is 2. The van der Waals surface area contributed by atoms with E-state index in [9.17, 15) is 23.1 Å². The second-order valence-corrected chi connectivity index (χ2v) is 7.31. The number of ether oxygens (including phenoxy) is 1. The minimum absolute atomic E-state index is 0.0562. The number of allylic oxidation sites excluding steroid dienone is 1. The summed E-state index contributed by atoms with van der Waals surface area (Å²) in [5.41, 5.74) is -2.39. The van der Waals surface area contributed by atoms with E-state index in [1.54, 1.807) is 12.1 Å². The molecule has 1 unspecified atom stereocenters. The van der Waals surface area contributed by atoms with Crippen molar-refractivity contribution in [3.63, 3.8) is 0 Å². The number of carbonyl (C=O) groups is 1. The molecule has 5 nitrogen and oxygen atoms in total. The monoisotopic (exact) mass is 419 g/mol. The number of fused-ring (bicyclic) bond motifs is 3. The Bertz CT molecular complexity index is 1020. The lowest BCUT2D eigenvalue weighted by atomic mass is 9.91. The molecular weight excluding hydrogens is 399 g/mol. The molecule has 0 saturated carbocycles. The Labute approximate surface area is 171 Å². The van der Waals surface area contributed by atoms with E-state index in [4.69, 9.17) is 9.84 Å². The molecule has 1 amide bonds. The molecule has 1 atom stereocenters. The van der Waals surface area contributed by atoms with Crippen molar-refractivity contribution < 1.29 is 32.9 Å². The van der Waals surface area contributed by atoms with Crippen molar-refractivity contribution in [2.45, 2.75) is 31.0 Å². The first-order chi connectivity index (χ1) is 14.3. The van der Waals surface area contributed by atoms with Crippen LogP contribution in [0.4, 0.5) is 13.2 Å². The van der Waals surface area contributed by atoms with Gasteiger partial charge in [0.2, 0.25) is 11.5 Å². The van der Waals surface area contributed by atoms with Gasteiger partial charge in [0.15, 0.2) is 0 Å². The summed E-state index contributed by atoms with van der Waals surface area (Å²) in [6.45, 7) is 0.289. The molecule has 158 valence electrons. The number of aliphatic hydroxyl groups excluding tert-OH is 1. The summed E-state index contributed by atoms with van der Waals surface area (Å²) in [6, 6.07) is 10.1. The van der Waals surface area contributed by atoms with Crippen LogP contribution in [0.15, 0.2) is 54.4 Å². The third-order valence-corrected chi connectivity index (χ3v) is 5.51. The van der Waals surface area contributed by atoms with Gasteiger partial charge in [0.1, 0.15) is 12.0 Å². The van der Waals surface area contributed by atoms with Gasteiger partial charge in [0.25, 0.3) is 0 Å². The summed E-state index contributed by atoms with van der Waals surface area (Å²) in [7, 11) is 0. The summed E-state index contributed by atoms with van der Waals surface area (Å²) in [5.74, 6) is 0.0346. The van der Waals surface area contributed by atoms with Gasteiger partial charge in [0.05, 0.1) is 5.70 Å². The molecule has 2 aromatic carbocycles. The van der Waals surface area contributed by atoms with Gasteiger partial charge in [-0.3, -0.25) is 4.79 Å². The molecule has 8 heteroatoms. The van der Waals surface area contributed by atoms with Crippen LogP contribution < -0.4 is 4.74 Å². The van der Waals surface area contributed by atoms with Gasteiger partial charge in [-0.1, -0.05) is 30.3 Å². The molecule has 1 fully saturated rings. The number of carbonyl (C=O) groups excluding carboxylic acids is 1. The summed E-state index contributed by atoms with van der Waals surface area (Å²) in [4.78, 5) is 13.5. The van der Waals surface area contributed by atoms with Crippen LogP contribution in [0.1, 0.15) is 30.4 Å². The Morgan fingerprint density at radius 2 is 1.83 bits per heavy atom. The highest BCUT2D eigenvalue weighted by molar-refractivity contribution is 5.82. The van der Waals surface area contributed by atoms with Crippen molar-refractivity contribution in [2.75, 3.05) is 13.2 Å². The highest BCUT2D eigenvalue weighted by Gasteiger charge is 2.60. The van der Waals surface area contributed by atoms with Crippen LogP contribution >= 0.6 is 0 Å². The Hall–Kier alpha value is -2.84. The molecule has 30 heavy (non-hydrogen) atoms. The molecule has 0 aromatic heterocycles. The second kappa shape index (κ2) is 7.45. The van der Waals surface area contributed by atoms with E-state index in [1.807, 2.05) is 0 Å². The predicted octanol–water partition coefficient (Wildman–Crippen LogP) is 3.69. The van der Waals surface area contributed by atoms with E-state index < -0.39 is 11.8 Å². The molecule has 4 rings (SSSR count). The molecular formula is C22H20F3NO4. The Balaban J connectivity index is 1.67. The maximum absolute atomic E-state index is 13.9. The van der Waals surface area contributed by atoms with E-state index in [0.29, 0.717) is 42.6 Å². The first-order valence-corrected chi connectivity index (χ1v) is 9.58. The molecule has 1 aliphatic heterocycles. The molecule has 1 aliphatic carbocycles. The van der Waals surface area contributed by atoms with E-state index in [0.717, 1.165) is 0 Å². The Morgan fingerprint density at radius 3 is 2.57 bits per heavy atom. The fourth-order valence-electron chi connectivity index (χ4n) is 4.04. The summed E-state index contributed by atoms with van der Waals surface area (Å²) in [6.07, 6.45) is -2.39. The average molecular weight is 419 g/mol. The first kappa shape index (κ1) is 20.4. The maximum atomic E-state index is 13.9. The molecule has 0 radical (unpaired) electrons. The van der Waals surface area contributed by atoms with Crippen molar-refractivity contribution in [1.29, 1.82) is 0 Å². The number of nitrogens with zero attached hydrogens (tertiary/aromatic N) is 1. The zero-order chi connectivity index (χ0) is 21.5. The normalized spacial score (nSPS) is 21.8. The maximum Gasteiger partial charge on any atom is 0.425 e. The summed E-state index contributed by atoms with van der Waals surface area (Å²) in [5, 5.41) is 19.7. The predicted molar refractivity (Wildman–Crippen MR) is 102 cm³/mol. The van der Waals surface area contributed by atoms with Gasteiger partial charge in [-0.15, -0.1) is 0 Å². The number of likely N-dealkylation sites (tertiary alicyclic amines) is 1. The minimum atomic E-state index is -4.91. The molecule has 1 heterocycles.